The highest BCUT2D eigenvalue weighted by atomic mass is 32.2. The molecule has 1 aromatic rings. The summed E-state index contributed by atoms with van der Waals surface area (Å²) in [6, 6.07) is 6.38. The largest absolute Gasteiger partial charge is 0.324 e. The molecule has 0 aliphatic heterocycles. The molecule has 102 valence electrons. The van der Waals surface area contributed by atoms with E-state index in [1.54, 1.807) is 12.1 Å². The second-order valence-corrected chi connectivity index (χ2v) is 6.10. The van der Waals surface area contributed by atoms with E-state index >= 15 is 0 Å². The molecule has 0 saturated carbocycles. The van der Waals surface area contributed by atoms with Gasteiger partial charge in [0.2, 0.25) is 10.0 Å². The fraction of sp³-hybridized carbons (Fsp3) is 0.455. The Hall–Kier alpha value is -1.15. The van der Waals surface area contributed by atoms with E-state index in [1.807, 2.05) is 25.9 Å². The van der Waals surface area contributed by atoms with Crippen LogP contribution in [0.5, 0.6) is 0 Å². The van der Waals surface area contributed by atoms with Gasteiger partial charge in [-0.1, -0.05) is 0 Å². The lowest BCUT2D eigenvalue weighted by atomic mass is 10.3. The quantitative estimate of drug-likeness (QED) is 0.509. The van der Waals surface area contributed by atoms with Gasteiger partial charge in [0.1, 0.15) is 0 Å². The minimum Gasteiger partial charge on any atom is -0.324 e. The molecule has 0 spiro atoms. The summed E-state index contributed by atoms with van der Waals surface area (Å²) in [7, 11) is 0.348. The molecule has 1 rings (SSSR count). The van der Waals surface area contributed by atoms with Gasteiger partial charge in [0.15, 0.2) is 0 Å². The molecular formula is C11H20N4O2S. The lowest BCUT2D eigenvalue weighted by Gasteiger charge is -2.20. The number of nitrogens with one attached hydrogen (secondary N) is 2. The van der Waals surface area contributed by atoms with Crippen LogP contribution >= 0.6 is 0 Å². The second-order valence-electron chi connectivity index (χ2n) is 4.33. The van der Waals surface area contributed by atoms with Crippen molar-refractivity contribution in [3.8, 4) is 0 Å². The number of nitrogen functional groups attached to an aromatic ring is 1. The van der Waals surface area contributed by atoms with Gasteiger partial charge in [-0.05, 0) is 45.3 Å². The maximum atomic E-state index is 12.0. The zero-order chi connectivity index (χ0) is 13.8. The van der Waals surface area contributed by atoms with Crippen molar-refractivity contribution < 1.29 is 8.42 Å². The maximum absolute atomic E-state index is 12.0. The molecule has 0 bridgehead atoms. The van der Waals surface area contributed by atoms with Gasteiger partial charge in [0.25, 0.3) is 0 Å². The van der Waals surface area contributed by atoms with Crippen molar-refractivity contribution in [3.63, 3.8) is 0 Å². The van der Waals surface area contributed by atoms with E-state index in [0.717, 1.165) is 0 Å². The van der Waals surface area contributed by atoms with Crippen molar-refractivity contribution >= 4 is 15.7 Å². The van der Waals surface area contributed by atoms with Crippen LogP contribution in [0, 0.1) is 0 Å². The first-order chi connectivity index (χ1) is 8.36. The number of nitrogens with two attached hydrogens (primary N) is 1. The number of nitrogens with zero attached hydrogens (tertiary/aromatic N) is 1. The molecule has 7 heteroatoms. The summed E-state index contributed by atoms with van der Waals surface area (Å²) in [5.41, 5.74) is 3.11. The zero-order valence-corrected chi connectivity index (χ0v) is 11.7. The van der Waals surface area contributed by atoms with Crippen molar-refractivity contribution in [2.45, 2.75) is 17.9 Å². The normalized spacial score (nSPS) is 13.6. The second kappa shape index (κ2) is 6.14. The van der Waals surface area contributed by atoms with Crippen LogP contribution in [0.15, 0.2) is 29.2 Å². The summed E-state index contributed by atoms with van der Waals surface area (Å²) in [4.78, 5) is 2.18. The van der Waals surface area contributed by atoms with Crippen molar-refractivity contribution in [2.75, 3.05) is 26.1 Å². The summed E-state index contributed by atoms with van der Waals surface area (Å²) in [5, 5.41) is 0. The van der Waals surface area contributed by atoms with E-state index in [2.05, 4.69) is 10.1 Å². The average Bonchev–Trinajstić information content (AvgIpc) is 2.36. The molecule has 0 aliphatic carbocycles. The molecule has 0 saturated heterocycles. The van der Waals surface area contributed by atoms with E-state index in [0.29, 0.717) is 12.2 Å². The van der Waals surface area contributed by atoms with Gasteiger partial charge in [0, 0.05) is 18.3 Å². The number of benzene rings is 1. The molecule has 0 aliphatic rings. The highest BCUT2D eigenvalue weighted by molar-refractivity contribution is 7.89. The van der Waals surface area contributed by atoms with Crippen molar-refractivity contribution in [1.29, 1.82) is 0 Å². The Balaban J connectivity index is 2.73. The SMILES string of the molecule is CC(CNS(=O)(=O)c1ccc(NN)cc1)N(C)C. The van der Waals surface area contributed by atoms with Crippen molar-refractivity contribution in [2.24, 2.45) is 5.84 Å². The van der Waals surface area contributed by atoms with Crippen LogP contribution in [-0.4, -0.2) is 40.0 Å². The summed E-state index contributed by atoms with van der Waals surface area (Å²) >= 11 is 0. The average molecular weight is 272 g/mol. The van der Waals surface area contributed by atoms with Crippen LogP contribution < -0.4 is 16.0 Å². The van der Waals surface area contributed by atoms with E-state index in [1.165, 1.54) is 12.1 Å². The number of hydrogen-bond donors (Lipinski definition) is 3. The van der Waals surface area contributed by atoms with Crippen LogP contribution in [0.4, 0.5) is 5.69 Å². The Morgan fingerprint density at radius 2 is 1.83 bits per heavy atom. The van der Waals surface area contributed by atoms with Crippen LogP contribution in [0.1, 0.15) is 6.92 Å². The van der Waals surface area contributed by atoms with Gasteiger partial charge >= 0.3 is 0 Å². The van der Waals surface area contributed by atoms with E-state index in [-0.39, 0.29) is 10.9 Å². The lowest BCUT2D eigenvalue weighted by Crippen LogP contribution is -2.38. The standard InChI is InChI=1S/C11H20N4O2S/c1-9(15(2)3)8-13-18(16,17)11-6-4-10(14-12)5-7-11/h4-7,9,13-14H,8,12H2,1-3H3. The smallest absolute Gasteiger partial charge is 0.240 e. The fourth-order valence-corrected chi connectivity index (χ4v) is 2.35. The van der Waals surface area contributed by atoms with Gasteiger partial charge in [-0.15, -0.1) is 0 Å². The molecule has 1 aromatic carbocycles. The molecule has 1 unspecified atom stereocenters. The maximum Gasteiger partial charge on any atom is 0.240 e. The van der Waals surface area contributed by atoms with Gasteiger partial charge in [-0.2, -0.15) is 0 Å². The minimum atomic E-state index is -3.46. The summed E-state index contributed by atoms with van der Waals surface area (Å²) < 4.78 is 26.5. The third-order valence-electron chi connectivity index (χ3n) is 2.78. The Kier molecular flexibility index (Phi) is 5.09. The third kappa shape index (κ3) is 3.95. The van der Waals surface area contributed by atoms with Crippen LogP contribution in [0.25, 0.3) is 0 Å². The molecule has 0 heterocycles. The fourth-order valence-electron chi connectivity index (χ4n) is 1.23. The number of likely N-dealkylation sites (N-methyl/N-ethyl adjacent to an activating group) is 1. The van der Waals surface area contributed by atoms with Gasteiger partial charge in [-0.3, -0.25) is 5.84 Å². The number of hydrogen-bond acceptors (Lipinski definition) is 5. The number of anilines is 1. The van der Waals surface area contributed by atoms with Gasteiger partial charge in [-0.25, -0.2) is 13.1 Å². The highest BCUT2D eigenvalue weighted by Crippen LogP contribution is 2.12. The lowest BCUT2D eigenvalue weighted by molar-refractivity contribution is 0.314. The summed E-state index contributed by atoms with van der Waals surface area (Å²) in [6.45, 7) is 2.32. The molecule has 0 aromatic heterocycles. The summed E-state index contributed by atoms with van der Waals surface area (Å²) in [5.74, 6) is 5.22. The predicted octanol–water partition coefficient (Wildman–Crippen LogP) is 0.201. The van der Waals surface area contributed by atoms with Crippen LogP contribution in [0.2, 0.25) is 0 Å². The number of rotatable bonds is 6. The van der Waals surface area contributed by atoms with Gasteiger partial charge in [0.05, 0.1) is 4.90 Å². The van der Waals surface area contributed by atoms with Crippen LogP contribution in [-0.2, 0) is 10.0 Å². The first-order valence-corrected chi connectivity index (χ1v) is 7.08. The minimum absolute atomic E-state index is 0.129. The Bertz CT molecular complexity index is 470. The molecule has 18 heavy (non-hydrogen) atoms. The van der Waals surface area contributed by atoms with E-state index in [4.69, 9.17) is 5.84 Å². The van der Waals surface area contributed by atoms with Crippen molar-refractivity contribution in [1.82, 2.24) is 9.62 Å². The highest BCUT2D eigenvalue weighted by Gasteiger charge is 2.15. The predicted molar refractivity (Wildman–Crippen MR) is 72.6 cm³/mol. The molecule has 0 amide bonds. The monoisotopic (exact) mass is 272 g/mol. The molecule has 6 nitrogen and oxygen atoms in total. The van der Waals surface area contributed by atoms with Crippen LogP contribution in [0.3, 0.4) is 0 Å². The molecule has 1 atom stereocenters. The Morgan fingerprint density at radius 3 is 2.28 bits per heavy atom. The van der Waals surface area contributed by atoms with E-state index in [9.17, 15) is 8.42 Å². The van der Waals surface area contributed by atoms with Crippen molar-refractivity contribution in [3.05, 3.63) is 24.3 Å². The molecule has 0 fully saturated rings. The first-order valence-electron chi connectivity index (χ1n) is 5.59. The van der Waals surface area contributed by atoms with Gasteiger partial charge < -0.3 is 10.3 Å². The number of sulfonamides is 1. The molecule has 4 N–H and O–H groups in total. The summed E-state index contributed by atoms with van der Waals surface area (Å²) in [6.07, 6.45) is 0. The Morgan fingerprint density at radius 1 is 1.28 bits per heavy atom. The topological polar surface area (TPSA) is 87.5 Å². The number of hydrazine groups is 1. The van der Waals surface area contributed by atoms with E-state index < -0.39 is 10.0 Å². The molecular weight excluding hydrogens is 252 g/mol. The third-order valence-corrected chi connectivity index (χ3v) is 4.22. The zero-order valence-electron chi connectivity index (χ0n) is 10.8. The Labute approximate surface area is 108 Å². The first kappa shape index (κ1) is 14.9. The molecule has 0 radical (unpaired) electrons.